The van der Waals surface area contributed by atoms with Crippen LogP contribution >= 0.6 is 7.60 Å². The highest BCUT2D eigenvalue weighted by atomic mass is 31.2. The van der Waals surface area contributed by atoms with Crippen LogP contribution in [0.2, 0.25) is 0 Å². The molecule has 106 valence electrons. The lowest BCUT2D eigenvalue weighted by atomic mass is 10.3. The molecule has 0 fully saturated rings. The van der Waals surface area contributed by atoms with Gasteiger partial charge in [-0.1, -0.05) is 12.1 Å². The third-order valence-corrected chi connectivity index (χ3v) is 3.50. The first-order valence-electron chi connectivity index (χ1n) is 5.78. The number of hydrogen-bond donors (Lipinski definition) is 4. The molecule has 4 N–H and O–H groups in total. The van der Waals surface area contributed by atoms with Crippen LogP contribution in [-0.4, -0.2) is 21.4 Å². The molecule has 6 nitrogen and oxygen atoms in total. The van der Waals surface area contributed by atoms with E-state index in [4.69, 9.17) is 9.63 Å². The Hall–Kier alpha value is -2.17. The van der Waals surface area contributed by atoms with Gasteiger partial charge in [0.05, 0.1) is 0 Å². The van der Waals surface area contributed by atoms with Gasteiger partial charge in [-0.15, -0.1) is 0 Å². The van der Waals surface area contributed by atoms with E-state index in [1.807, 2.05) is 0 Å². The van der Waals surface area contributed by atoms with Gasteiger partial charge in [0.15, 0.2) is 11.5 Å². The van der Waals surface area contributed by atoms with Crippen LogP contribution in [0.3, 0.4) is 0 Å². The number of para-hydroxylation sites is 2. The number of hydrogen-bond acceptors (Lipinski definition) is 5. The van der Waals surface area contributed by atoms with Crippen LogP contribution in [0.5, 0.6) is 17.2 Å². The summed E-state index contributed by atoms with van der Waals surface area (Å²) in [6.45, 7) is 0. The van der Waals surface area contributed by atoms with Gasteiger partial charge >= 0.3 is 7.60 Å². The Kier molecular flexibility index (Phi) is 4.17. The molecule has 0 aliphatic carbocycles. The van der Waals surface area contributed by atoms with Gasteiger partial charge in [-0.05, 0) is 36.4 Å². The van der Waals surface area contributed by atoms with E-state index in [-0.39, 0.29) is 23.5 Å². The molecule has 0 aromatic heterocycles. The van der Waals surface area contributed by atoms with Crippen LogP contribution < -0.4 is 9.84 Å². The largest absolute Gasteiger partial charge is 0.508 e. The summed E-state index contributed by atoms with van der Waals surface area (Å²) in [5.41, 5.74) is 0.568. The molecule has 0 bridgehead atoms. The van der Waals surface area contributed by atoms with Crippen molar-refractivity contribution < 1.29 is 24.2 Å². The van der Waals surface area contributed by atoms with Crippen LogP contribution in [0.1, 0.15) is 0 Å². The van der Waals surface area contributed by atoms with Gasteiger partial charge in [0.2, 0.25) is 0 Å². The first kappa shape index (κ1) is 14.2. The maximum absolute atomic E-state index is 11.9. The van der Waals surface area contributed by atoms with Crippen molar-refractivity contribution in [3.63, 3.8) is 0 Å². The number of anilines is 1. The molecule has 2 aromatic carbocycles. The lowest BCUT2D eigenvalue weighted by Crippen LogP contribution is -2.06. The topological polar surface area (TPSA) is 99.0 Å². The predicted octanol–water partition coefficient (Wildman–Crippen LogP) is 2.73. The predicted molar refractivity (Wildman–Crippen MR) is 75.2 cm³/mol. The standard InChI is InChI=1S/C13H14NO5P/c15-11-7-5-10(6-8-11)14-9-20(17,18)19-13-4-2-1-3-12(13)16/h1-8,14-16H,9H2,(H,17,18). The van der Waals surface area contributed by atoms with Crippen LogP contribution in [0, 0.1) is 0 Å². The second-order valence-corrected chi connectivity index (χ2v) is 5.85. The molecule has 0 spiro atoms. The van der Waals surface area contributed by atoms with E-state index >= 15 is 0 Å². The van der Waals surface area contributed by atoms with Crippen molar-refractivity contribution in [2.24, 2.45) is 0 Å². The van der Waals surface area contributed by atoms with Gasteiger partial charge in [-0.2, -0.15) is 0 Å². The molecular formula is C13H14NO5P. The summed E-state index contributed by atoms with van der Waals surface area (Å²) in [7, 11) is -3.95. The van der Waals surface area contributed by atoms with E-state index in [0.717, 1.165) is 0 Å². The smallest absolute Gasteiger partial charge is 0.395 e. The third kappa shape index (κ3) is 3.91. The number of benzene rings is 2. The van der Waals surface area contributed by atoms with Crippen LogP contribution in [-0.2, 0) is 4.57 Å². The Bertz CT molecular complexity index is 629. The van der Waals surface area contributed by atoms with E-state index < -0.39 is 7.60 Å². The van der Waals surface area contributed by atoms with Crippen molar-refractivity contribution in [1.82, 2.24) is 0 Å². The van der Waals surface area contributed by atoms with Crippen molar-refractivity contribution in [3.8, 4) is 17.2 Å². The number of rotatable bonds is 5. The molecule has 2 aromatic rings. The highest BCUT2D eigenvalue weighted by Crippen LogP contribution is 2.44. The summed E-state index contributed by atoms with van der Waals surface area (Å²) in [6.07, 6.45) is -0.327. The number of phenols is 2. The van der Waals surface area contributed by atoms with Gasteiger partial charge in [0.25, 0.3) is 0 Å². The fourth-order valence-corrected chi connectivity index (χ4v) is 2.40. The van der Waals surface area contributed by atoms with Crippen LogP contribution in [0.25, 0.3) is 0 Å². The summed E-state index contributed by atoms with van der Waals surface area (Å²) in [5, 5.41) is 21.3. The zero-order valence-electron chi connectivity index (χ0n) is 10.4. The second-order valence-electron chi connectivity index (χ2n) is 4.08. The number of phenolic OH excluding ortho intramolecular Hbond substituents is 2. The molecule has 2 rings (SSSR count). The quantitative estimate of drug-likeness (QED) is 0.500. The lowest BCUT2D eigenvalue weighted by molar-refractivity contribution is 0.366. The summed E-state index contributed by atoms with van der Waals surface area (Å²) >= 11 is 0. The minimum absolute atomic E-state index is 0.0501. The van der Waals surface area contributed by atoms with E-state index in [1.54, 1.807) is 24.3 Å². The average Bonchev–Trinajstić information content (AvgIpc) is 2.41. The Labute approximate surface area is 115 Å². The maximum Gasteiger partial charge on any atom is 0.395 e. The van der Waals surface area contributed by atoms with Crippen molar-refractivity contribution in [2.75, 3.05) is 11.6 Å². The molecule has 0 saturated heterocycles. The van der Waals surface area contributed by atoms with E-state index in [2.05, 4.69) is 5.32 Å². The van der Waals surface area contributed by atoms with E-state index in [9.17, 15) is 14.6 Å². The lowest BCUT2D eigenvalue weighted by Gasteiger charge is -2.15. The molecule has 0 aliphatic rings. The van der Waals surface area contributed by atoms with E-state index in [1.165, 1.54) is 24.3 Å². The number of aromatic hydroxyl groups is 2. The van der Waals surface area contributed by atoms with Gasteiger partial charge in [-0.3, -0.25) is 0 Å². The highest BCUT2D eigenvalue weighted by molar-refractivity contribution is 7.53. The third-order valence-electron chi connectivity index (χ3n) is 2.46. The van der Waals surface area contributed by atoms with Gasteiger partial charge in [-0.25, -0.2) is 4.57 Å². The van der Waals surface area contributed by atoms with Gasteiger partial charge in [0, 0.05) is 5.69 Å². The SMILES string of the molecule is O=P(O)(CNc1ccc(O)cc1)Oc1ccccc1O. The molecule has 0 heterocycles. The van der Waals surface area contributed by atoms with Crippen LogP contribution in [0.4, 0.5) is 5.69 Å². The fraction of sp³-hybridized carbons (Fsp3) is 0.0769. The zero-order chi connectivity index (χ0) is 14.6. The first-order chi connectivity index (χ1) is 9.46. The second kappa shape index (κ2) is 5.86. The normalized spacial score (nSPS) is 13.4. The molecular weight excluding hydrogens is 281 g/mol. The summed E-state index contributed by atoms with van der Waals surface area (Å²) < 4.78 is 16.8. The fourth-order valence-electron chi connectivity index (χ4n) is 1.49. The Morgan fingerprint density at radius 1 is 1.05 bits per heavy atom. The number of nitrogens with one attached hydrogen (secondary N) is 1. The molecule has 0 aliphatic heterocycles. The van der Waals surface area contributed by atoms with Crippen molar-refractivity contribution in [1.29, 1.82) is 0 Å². The highest BCUT2D eigenvalue weighted by Gasteiger charge is 2.22. The molecule has 0 saturated carbocycles. The molecule has 0 amide bonds. The summed E-state index contributed by atoms with van der Waals surface area (Å²) in [6, 6.07) is 12.0. The Morgan fingerprint density at radius 3 is 2.35 bits per heavy atom. The monoisotopic (exact) mass is 295 g/mol. The molecule has 7 heteroatoms. The maximum atomic E-state index is 11.9. The van der Waals surface area contributed by atoms with Crippen molar-refractivity contribution in [3.05, 3.63) is 48.5 Å². The summed E-state index contributed by atoms with van der Waals surface area (Å²) in [5.74, 6) is -0.148. The van der Waals surface area contributed by atoms with Crippen LogP contribution in [0.15, 0.2) is 48.5 Å². The van der Waals surface area contributed by atoms with Gasteiger partial charge in [0.1, 0.15) is 12.0 Å². The average molecular weight is 295 g/mol. The summed E-state index contributed by atoms with van der Waals surface area (Å²) in [4.78, 5) is 9.72. The van der Waals surface area contributed by atoms with Crippen molar-refractivity contribution in [2.45, 2.75) is 0 Å². The molecule has 20 heavy (non-hydrogen) atoms. The minimum atomic E-state index is -3.95. The van der Waals surface area contributed by atoms with Gasteiger partial charge < -0.3 is 24.9 Å². The van der Waals surface area contributed by atoms with E-state index in [0.29, 0.717) is 5.69 Å². The molecule has 0 radical (unpaired) electrons. The first-order valence-corrected chi connectivity index (χ1v) is 7.55. The Balaban J connectivity index is 1.99. The molecule has 1 unspecified atom stereocenters. The molecule has 1 atom stereocenters. The minimum Gasteiger partial charge on any atom is -0.508 e. The zero-order valence-corrected chi connectivity index (χ0v) is 11.3. The Morgan fingerprint density at radius 2 is 1.70 bits per heavy atom. The van der Waals surface area contributed by atoms with Crippen molar-refractivity contribution >= 4 is 13.3 Å².